The maximum atomic E-state index is 15.0. The van der Waals surface area contributed by atoms with Crippen LogP contribution >= 0.6 is 0 Å². The Morgan fingerprint density at radius 1 is 0.323 bits per heavy atom. The molecule has 6 saturated heterocycles. The summed E-state index contributed by atoms with van der Waals surface area (Å²) >= 11 is 0. The van der Waals surface area contributed by atoms with E-state index in [1.165, 1.54) is 20.8 Å². The summed E-state index contributed by atoms with van der Waals surface area (Å²) in [5.74, 6) is -5.95. The molecule has 6 aliphatic rings. The molecule has 1 N–H and O–H groups in total. The van der Waals surface area contributed by atoms with E-state index in [2.05, 4.69) is 0 Å². The van der Waals surface area contributed by atoms with E-state index in [9.17, 15) is 38.7 Å². The second-order valence-corrected chi connectivity index (χ2v) is 35.3. The summed E-state index contributed by atoms with van der Waals surface area (Å²) in [4.78, 5) is 115. The molecular weight excluding hydrogens is 1610 g/mol. The predicted octanol–water partition coefficient (Wildman–Crippen LogP) is 10.9. The molecule has 12 rings (SSSR count). The first-order valence-electron chi connectivity index (χ1n) is 41.6. The molecule has 0 aliphatic carbocycles. The predicted molar refractivity (Wildman–Crippen MR) is 437 cm³/mol. The van der Waals surface area contributed by atoms with Gasteiger partial charge in [0.05, 0.1) is 97.9 Å². The third kappa shape index (κ3) is 24.6. The normalized spacial score (nSPS) is 28.3. The minimum Gasteiger partial charge on any atom is -0.464 e. The Kier molecular flexibility index (Phi) is 32.2. The summed E-state index contributed by atoms with van der Waals surface area (Å²) in [5, 5.41) is 11.8. The summed E-state index contributed by atoms with van der Waals surface area (Å²) in [7, 11) is 0. The number of hydrogen-bond donors (Lipinski definition) is 1. The number of carbonyl (C=O) groups excluding carboxylic acids is 7. The van der Waals surface area contributed by atoms with Crippen LogP contribution in [0, 0.1) is 48.7 Å². The number of benzene rings is 6. The van der Waals surface area contributed by atoms with Crippen LogP contribution in [0.2, 0.25) is 0 Å². The van der Waals surface area contributed by atoms with Crippen LogP contribution in [0.1, 0.15) is 133 Å². The molecule has 1 unspecified atom stereocenters. The van der Waals surface area contributed by atoms with Crippen LogP contribution in [0.3, 0.4) is 0 Å². The van der Waals surface area contributed by atoms with E-state index in [4.69, 9.17) is 105 Å². The number of carbonyl (C=O) groups is 7. The highest BCUT2D eigenvalue weighted by atomic mass is 17.2. The Bertz CT molecular complexity index is 4030. The van der Waals surface area contributed by atoms with Crippen molar-refractivity contribution in [3.63, 3.8) is 0 Å². The molecule has 0 aromatic heterocycles. The fourth-order valence-electron chi connectivity index (χ4n) is 13.8. The van der Waals surface area contributed by atoms with E-state index in [1.807, 2.05) is 189 Å². The van der Waals surface area contributed by atoms with Crippen LogP contribution in [0.25, 0.3) is 0 Å². The highest BCUT2D eigenvalue weighted by molar-refractivity contribution is 5.82. The molecule has 0 spiro atoms. The van der Waals surface area contributed by atoms with E-state index in [1.54, 1.807) is 39.5 Å². The number of nitrogens with zero attached hydrogens (tertiary/aromatic N) is 1. The van der Waals surface area contributed by atoms with Gasteiger partial charge in [0.1, 0.15) is 90.8 Å². The first kappa shape index (κ1) is 94.1. The van der Waals surface area contributed by atoms with Crippen LogP contribution < -0.4 is 0 Å². The number of rotatable bonds is 39. The molecule has 6 heterocycles. The van der Waals surface area contributed by atoms with Crippen molar-refractivity contribution >= 4 is 41.8 Å². The number of aliphatic hydroxyl groups excluding tert-OH is 1. The summed E-state index contributed by atoms with van der Waals surface area (Å²) in [6.07, 6.45) is -5.92. The van der Waals surface area contributed by atoms with E-state index in [0.29, 0.717) is 0 Å². The van der Waals surface area contributed by atoms with Crippen LogP contribution in [-0.2, 0) is 138 Å². The smallest absolute Gasteiger partial charge is 0.318 e. The number of aliphatic hydroxyl groups is 1. The molecule has 6 fully saturated rings. The molecule has 6 aromatic rings. The molecule has 31 nitrogen and oxygen atoms in total. The van der Waals surface area contributed by atoms with Gasteiger partial charge in [-0.25, -0.2) is 9.78 Å². The number of hydrogen-bond acceptors (Lipinski definition) is 31. The fourth-order valence-corrected chi connectivity index (χ4v) is 13.8. The Labute approximate surface area is 722 Å². The van der Waals surface area contributed by atoms with Gasteiger partial charge in [-0.3, -0.25) is 38.5 Å². The van der Waals surface area contributed by atoms with Gasteiger partial charge in [-0.2, -0.15) is 0 Å². The quantitative estimate of drug-likeness (QED) is 0.00935. The molecule has 672 valence electrons. The van der Waals surface area contributed by atoms with Crippen LogP contribution in [0.15, 0.2) is 182 Å². The molecular formula is C93H115NO30. The molecule has 6 aliphatic heterocycles. The van der Waals surface area contributed by atoms with E-state index in [-0.39, 0.29) is 106 Å². The summed E-state index contributed by atoms with van der Waals surface area (Å²) < 4.78 is 121. The Hall–Kier alpha value is -9.07. The van der Waals surface area contributed by atoms with Crippen molar-refractivity contribution in [3.8, 4) is 0 Å². The van der Waals surface area contributed by atoms with Crippen LogP contribution in [0.5, 0.6) is 0 Å². The van der Waals surface area contributed by atoms with Gasteiger partial charge in [-0.05, 0) is 48.5 Å². The lowest BCUT2D eigenvalue weighted by molar-refractivity contribution is -0.343. The zero-order valence-electron chi connectivity index (χ0n) is 71.8. The monoisotopic (exact) mass is 1730 g/mol. The molecule has 0 saturated carbocycles. The van der Waals surface area contributed by atoms with Gasteiger partial charge >= 0.3 is 41.8 Å². The highest BCUT2D eigenvalue weighted by Crippen LogP contribution is 2.42. The zero-order chi connectivity index (χ0) is 88.1. The first-order valence-corrected chi connectivity index (χ1v) is 41.6. The lowest BCUT2D eigenvalue weighted by Gasteiger charge is -2.41. The number of ether oxygens (including phenoxy) is 20. The standard InChI is InChI=1S/C93H115NO30/c1-85(46-106-71(107-47-85)65-28-16-10-17-29-65)48-123-124-64-93(9,63-122-84(102)90(6)57-116-76(117-58-90)70-38-26-15-27-39-70)79(97)105-45-42-94(40-43-103-77(95)91(7,59-118-80(98)86(2)49-108-72(109-50-86)66-30-18-11-19-31-66)60-119-81(99)87(3)51-110-73(111-52-87)67-32-20-12-21-33-67)41-44-104-78(96)92(8,61-120-82(100)88(4)53-112-74(113-54-88)68-34-22-13-23-35-68)62-121-83(101)89(5)55-114-75(115-56-89)69-36-24-14-25-37-69/h10-39,71-76,84,102H,40-64H2,1-9H3/t71?,72?,73?,74?,75?,76?,84-,85?,86?,87?,88?,89?,90?,91?,92?,93?/m1/s1. The van der Waals surface area contributed by atoms with Crippen molar-refractivity contribution in [1.29, 1.82) is 0 Å². The molecule has 0 radical (unpaired) electrons. The summed E-state index contributed by atoms with van der Waals surface area (Å²) in [5.41, 5.74) is -8.19. The summed E-state index contributed by atoms with van der Waals surface area (Å²) in [6, 6.07) is 55.5. The largest absolute Gasteiger partial charge is 0.464 e. The van der Waals surface area contributed by atoms with Gasteiger partial charge in [0.25, 0.3) is 0 Å². The molecule has 31 heteroatoms. The van der Waals surface area contributed by atoms with Crippen molar-refractivity contribution in [2.75, 3.05) is 165 Å². The zero-order valence-corrected chi connectivity index (χ0v) is 71.8. The summed E-state index contributed by atoms with van der Waals surface area (Å²) in [6.45, 7) is 8.45. The average Bonchev–Trinajstić information content (AvgIpc) is 0.804. The minimum absolute atomic E-state index is 0.00858. The van der Waals surface area contributed by atoms with Crippen LogP contribution in [-0.4, -0.2) is 223 Å². The van der Waals surface area contributed by atoms with Crippen molar-refractivity contribution < 1.29 is 143 Å². The van der Waals surface area contributed by atoms with Gasteiger partial charge < -0.3 is 99.8 Å². The second kappa shape index (κ2) is 42.5. The molecule has 6 aromatic carbocycles. The third-order valence-electron chi connectivity index (χ3n) is 22.6. The SMILES string of the molecule is CC1(COOCC(C)(CO[C@@H](O)C2(C)COC(c3ccccc3)OC2)C(=O)OCCN(CCOC(=O)C(C)(COC(=O)C2(C)COC(c3ccccc3)OC2)COC(=O)C2(C)COC(c3ccccc3)OC2)CCOC(=O)C(C)(COC(=O)C2(C)COC(c3ccccc3)OC2)COC(=O)C2(C)COC(c3ccccc3)OC2)COC(c2ccccc2)OC1. The van der Waals surface area contributed by atoms with Gasteiger partial charge in [0.2, 0.25) is 0 Å². The second-order valence-electron chi connectivity index (χ2n) is 35.3. The molecule has 2 atom stereocenters. The van der Waals surface area contributed by atoms with Crippen molar-refractivity contribution in [3.05, 3.63) is 215 Å². The van der Waals surface area contributed by atoms with Crippen molar-refractivity contribution in [1.82, 2.24) is 4.90 Å². The molecule has 0 amide bonds. The van der Waals surface area contributed by atoms with Gasteiger partial charge in [0.15, 0.2) is 44.0 Å². The van der Waals surface area contributed by atoms with E-state index >= 15 is 0 Å². The van der Waals surface area contributed by atoms with Gasteiger partial charge in [0, 0.05) is 58.4 Å². The Morgan fingerprint density at radius 2 is 0.548 bits per heavy atom. The van der Waals surface area contributed by atoms with Gasteiger partial charge in [-0.1, -0.05) is 196 Å². The lowest BCUT2D eigenvalue weighted by Crippen LogP contribution is -2.49. The van der Waals surface area contributed by atoms with Crippen molar-refractivity contribution in [2.24, 2.45) is 48.7 Å². The highest BCUT2D eigenvalue weighted by Gasteiger charge is 2.51. The fraction of sp³-hybridized carbons (Fsp3) is 0.538. The molecule has 124 heavy (non-hydrogen) atoms. The maximum Gasteiger partial charge on any atom is 0.318 e. The lowest BCUT2D eigenvalue weighted by atomic mass is 9.89. The third-order valence-corrected chi connectivity index (χ3v) is 22.6. The molecule has 0 bridgehead atoms. The maximum absolute atomic E-state index is 15.0. The Balaban J connectivity index is 0.757. The number of esters is 7. The minimum atomic E-state index is -1.90. The Morgan fingerprint density at radius 3 is 0.798 bits per heavy atom. The first-order chi connectivity index (χ1) is 59.4. The van der Waals surface area contributed by atoms with Crippen molar-refractivity contribution in [2.45, 2.75) is 106 Å². The van der Waals surface area contributed by atoms with E-state index < -0.39 is 194 Å². The topological polar surface area (TPSA) is 346 Å². The van der Waals surface area contributed by atoms with Gasteiger partial charge in [-0.15, -0.1) is 0 Å². The average molecular weight is 1730 g/mol. The van der Waals surface area contributed by atoms with Crippen LogP contribution in [0.4, 0.5) is 0 Å². The van der Waals surface area contributed by atoms with E-state index in [0.717, 1.165) is 33.4 Å².